The molecule has 0 amide bonds. The van der Waals surface area contributed by atoms with Crippen molar-refractivity contribution in [2.75, 3.05) is 22.2 Å². The van der Waals surface area contributed by atoms with Gasteiger partial charge in [0.1, 0.15) is 6.61 Å². The molecule has 28 heavy (non-hydrogen) atoms. The maximum Gasteiger partial charge on any atom is 0.316 e. The Hall–Kier alpha value is -2.32. The summed E-state index contributed by atoms with van der Waals surface area (Å²) in [5, 5.41) is 0.674. The average Bonchev–Trinajstić information content (AvgIpc) is 3.17. The number of hydrogen-bond acceptors (Lipinski definition) is 7. The van der Waals surface area contributed by atoms with Crippen LogP contribution in [0.3, 0.4) is 0 Å². The predicted molar refractivity (Wildman–Crippen MR) is 111 cm³/mol. The van der Waals surface area contributed by atoms with Crippen molar-refractivity contribution >= 4 is 38.4 Å². The minimum Gasteiger partial charge on any atom is -0.460 e. The fourth-order valence-electron chi connectivity index (χ4n) is 3.43. The molecule has 4 rings (SSSR count). The minimum atomic E-state index is -3.09. The number of rotatable bonds is 5. The number of para-hydroxylation sites is 1. The molecular formula is C20H20N2O4S2. The summed E-state index contributed by atoms with van der Waals surface area (Å²) in [4.78, 5) is 18.7. The quantitative estimate of drug-likeness (QED) is 0.697. The van der Waals surface area contributed by atoms with E-state index in [-0.39, 0.29) is 41.9 Å². The second-order valence-electron chi connectivity index (χ2n) is 6.76. The van der Waals surface area contributed by atoms with Gasteiger partial charge in [0.25, 0.3) is 0 Å². The Labute approximate surface area is 168 Å². The summed E-state index contributed by atoms with van der Waals surface area (Å²) < 4.78 is 29.4. The van der Waals surface area contributed by atoms with Crippen molar-refractivity contribution < 1.29 is 17.9 Å². The van der Waals surface area contributed by atoms with Crippen LogP contribution in [0.1, 0.15) is 5.56 Å². The first-order valence-corrected chi connectivity index (χ1v) is 11.8. The van der Waals surface area contributed by atoms with Crippen LogP contribution in [0.5, 0.6) is 0 Å². The SMILES string of the molecule is O=C(CSC1=NC2CS(=O)(=O)CC2N1c1ccccc1)OCc1ccccc1. The first-order valence-electron chi connectivity index (χ1n) is 8.97. The number of hydrogen-bond donors (Lipinski definition) is 0. The number of sulfone groups is 1. The molecule has 0 aromatic heterocycles. The number of amidine groups is 1. The Bertz CT molecular complexity index is 978. The van der Waals surface area contributed by atoms with Gasteiger partial charge in [-0.1, -0.05) is 60.3 Å². The van der Waals surface area contributed by atoms with Crippen molar-refractivity contribution in [2.45, 2.75) is 18.7 Å². The highest BCUT2D eigenvalue weighted by molar-refractivity contribution is 8.14. The van der Waals surface area contributed by atoms with Crippen LogP contribution in [0.4, 0.5) is 5.69 Å². The summed E-state index contributed by atoms with van der Waals surface area (Å²) >= 11 is 1.29. The van der Waals surface area contributed by atoms with E-state index in [9.17, 15) is 13.2 Å². The highest BCUT2D eigenvalue weighted by Gasteiger charge is 2.47. The van der Waals surface area contributed by atoms with Crippen molar-refractivity contribution in [1.29, 1.82) is 0 Å². The third kappa shape index (κ3) is 4.23. The van der Waals surface area contributed by atoms with E-state index in [1.165, 1.54) is 11.8 Å². The highest BCUT2D eigenvalue weighted by Crippen LogP contribution is 2.34. The van der Waals surface area contributed by atoms with Crippen molar-refractivity contribution in [1.82, 2.24) is 0 Å². The van der Waals surface area contributed by atoms with E-state index in [1.807, 2.05) is 65.6 Å². The highest BCUT2D eigenvalue weighted by atomic mass is 32.2. The second kappa shape index (κ2) is 7.97. The second-order valence-corrected chi connectivity index (χ2v) is 9.86. The number of thioether (sulfide) groups is 1. The molecule has 0 saturated carbocycles. The molecule has 0 spiro atoms. The van der Waals surface area contributed by atoms with Gasteiger partial charge in [-0.3, -0.25) is 9.79 Å². The molecule has 0 N–H and O–H groups in total. The molecule has 2 atom stereocenters. The molecule has 2 heterocycles. The smallest absolute Gasteiger partial charge is 0.316 e. The molecule has 2 unspecified atom stereocenters. The maximum absolute atomic E-state index is 12.2. The molecule has 1 saturated heterocycles. The van der Waals surface area contributed by atoms with Gasteiger partial charge < -0.3 is 9.64 Å². The summed E-state index contributed by atoms with van der Waals surface area (Å²) in [7, 11) is -3.09. The number of anilines is 1. The fraction of sp³-hybridized carbons (Fsp3) is 0.300. The Balaban J connectivity index is 1.43. The van der Waals surface area contributed by atoms with E-state index < -0.39 is 9.84 Å². The van der Waals surface area contributed by atoms with Gasteiger partial charge in [-0.2, -0.15) is 0 Å². The minimum absolute atomic E-state index is 0.0590. The van der Waals surface area contributed by atoms with Crippen LogP contribution >= 0.6 is 11.8 Å². The van der Waals surface area contributed by atoms with Gasteiger partial charge in [-0.05, 0) is 17.7 Å². The molecule has 2 aromatic carbocycles. The van der Waals surface area contributed by atoms with Crippen LogP contribution in [0.2, 0.25) is 0 Å². The van der Waals surface area contributed by atoms with Gasteiger partial charge in [0.15, 0.2) is 15.0 Å². The van der Waals surface area contributed by atoms with Crippen LogP contribution < -0.4 is 4.90 Å². The first kappa shape index (κ1) is 19.0. The lowest BCUT2D eigenvalue weighted by molar-refractivity contribution is -0.141. The van der Waals surface area contributed by atoms with Crippen LogP contribution in [-0.4, -0.2) is 48.9 Å². The van der Waals surface area contributed by atoms with Gasteiger partial charge in [0, 0.05) is 5.69 Å². The van der Waals surface area contributed by atoms with E-state index in [4.69, 9.17) is 4.74 Å². The summed E-state index contributed by atoms with van der Waals surface area (Å²) in [6, 6.07) is 18.6. The molecule has 0 aliphatic carbocycles. The zero-order chi connectivity index (χ0) is 19.6. The van der Waals surface area contributed by atoms with Crippen molar-refractivity contribution in [2.24, 2.45) is 4.99 Å². The number of nitrogens with zero attached hydrogens (tertiary/aromatic N) is 2. The number of aliphatic imine (C=N–C) groups is 1. The van der Waals surface area contributed by atoms with Crippen molar-refractivity contribution in [3.8, 4) is 0 Å². The molecule has 2 aromatic rings. The Morgan fingerprint density at radius 1 is 1.07 bits per heavy atom. The van der Waals surface area contributed by atoms with E-state index in [0.717, 1.165) is 11.3 Å². The third-order valence-corrected chi connectivity index (χ3v) is 7.34. The van der Waals surface area contributed by atoms with Gasteiger partial charge in [0.05, 0.1) is 29.3 Å². The van der Waals surface area contributed by atoms with Crippen LogP contribution in [-0.2, 0) is 26.0 Å². The summed E-state index contributed by atoms with van der Waals surface area (Å²) in [5.41, 5.74) is 1.82. The van der Waals surface area contributed by atoms with E-state index in [0.29, 0.717) is 5.17 Å². The molecule has 2 aliphatic rings. The molecule has 1 fully saturated rings. The number of fused-ring (bicyclic) bond motifs is 1. The lowest BCUT2D eigenvalue weighted by atomic mass is 10.1. The number of carbonyl (C=O) groups excluding carboxylic acids is 1. The fourth-order valence-corrected chi connectivity index (χ4v) is 6.19. The molecular weight excluding hydrogens is 396 g/mol. The van der Waals surface area contributed by atoms with Gasteiger partial charge in [0.2, 0.25) is 0 Å². The maximum atomic E-state index is 12.2. The van der Waals surface area contributed by atoms with E-state index in [1.54, 1.807) is 0 Å². The third-order valence-electron chi connectivity index (χ3n) is 4.70. The Morgan fingerprint density at radius 2 is 1.75 bits per heavy atom. The molecule has 146 valence electrons. The zero-order valence-corrected chi connectivity index (χ0v) is 16.7. The average molecular weight is 417 g/mol. The Morgan fingerprint density at radius 3 is 2.46 bits per heavy atom. The van der Waals surface area contributed by atoms with Gasteiger partial charge in [-0.25, -0.2) is 8.42 Å². The van der Waals surface area contributed by atoms with Crippen molar-refractivity contribution in [3.05, 3.63) is 66.2 Å². The molecule has 8 heteroatoms. The molecule has 0 bridgehead atoms. The summed E-state index contributed by atoms with van der Waals surface area (Å²) in [5.74, 6) is -0.0576. The number of benzene rings is 2. The standard InChI is InChI=1S/C20H20N2O4S2/c23-19(26-11-15-7-3-1-4-8-15)12-27-20-21-17-13-28(24,25)14-18(17)22(20)16-9-5-2-6-10-16/h1-10,17-18H,11-14H2. The Kier molecular flexibility index (Phi) is 5.41. The first-order chi connectivity index (χ1) is 13.5. The molecule has 6 nitrogen and oxygen atoms in total. The monoisotopic (exact) mass is 416 g/mol. The normalized spacial score (nSPS) is 22.6. The largest absolute Gasteiger partial charge is 0.460 e. The molecule has 2 aliphatic heterocycles. The summed E-state index contributed by atoms with van der Waals surface area (Å²) in [6.07, 6.45) is 0. The van der Waals surface area contributed by atoms with E-state index >= 15 is 0 Å². The lowest BCUT2D eigenvalue weighted by Crippen LogP contribution is -2.39. The zero-order valence-electron chi connectivity index (χ0n) is 15.1. The van der Waals surface area contributed by atoms with Crippen LogP contribution in [0.15, 0.2) is 65.7 Å². The lowest BCUT2D eigenvalue weighted by Gasteiger charge is -2.26. The van der Waals surface area contributed by atoms with Crippen LogP contribution in [0, 0.1) is 0 Å². The number of ether oxygens (including phenoxy) is 1. The molecule has 0 radical (unpaired) electrons. The summed E-state index contributed by atoms with van der Waals surface area (Å²) in [6.45, 7) is 0.235. The van der Waals surface area contributed by atoms with Gasteiger partial charge >= 0.3 is 5.97 Å². The van der Waals surface area contributed by atoms with Gasteiger partial charge in [-0.15, -0.1) is 0 Å². The van der Waals surface area contributed by atoms with E-state index in [2.05, 4.69) is 4.99 Å². The topological polar surface area (TPSA) is 76.0 Å². The van der Waals surface area contributed by atoms with Crippen LogP contribution in [0.25, 0.3) is 0 Å². The van der Waals surface area contributed by atoms with Crippen molar-refractivity contribution in [3.63, 3.8) is 0 Å². The number of esters is 1. The predicted octanol–water partition coefficient (Wildman–Crippen LogP) is 2.50. The number of carbonyl (C=O) groups is 1.